The van der Waals surface area contributed by atoms with Crippen molar-refractivity contribution in [2.75, 3.05) is 13.1 Å². The summed E-state index contributed by atoms with van der Waals surface area (Å²) in [5.74, 6) is 1.13. The Hall–Kier alpha value is -0.630. The summed E-state index contributed by atoms with van der Waals surface area (Å²) in [7, 11) is 0. The van der Waals surface area contributed by atoms with Crippen LogP contribution in [0.1, 0.15) is 38.5 Å². The van der Waals surface area contributed by atoms with Crippen molar-refractivity contribution < 1.29 is 4.79 Å². The molecular weight excluding hydrogens is 174 g/mol. The molecule has 14 heavy (non-hydrogen) atoms. The Morgan fingerprint density at radius 1 is 1.50 bits per heavy atom. The van der Waals surface area contributed by atoms with Crippen LogP contribution in [0.4, 0.5) is 0 Å². The van der Waals surface area contributed by atoms with Crippen molar-refractivity contribution in [3.05, 3.63) is 12.7 Å². The van der Waals surface area contributed by atoms with Crippen LogP contribution in [0.25, 0.3) is 0 Å². The third kappa shape index (κ3) is 4.56. The van der Waals surface area contributed by atoms with E-state index in [2.05, 4.69) is 11.9 Å². The molecule has 1 heterocycles. The molecule has 0 aromatic carbocycles. The fourth-order valence-corrected chi connectivity index (χ4v) is 1.92. The monoisotopic (exact) mass is 195 g/mol. The van der Waals surface area contributed by atoms with E-state index in [0.717, 1.165) is 38.3 Å². The maximum atomic E-state index is 11.4. The van der Waals surface area contributed by atoms with Gasteiger partial charge in [0.15, 0.2) is 0 Å². The molecule has 1 unspecified atom stereocenters. The first kappa shape index (κ1) is 11.4. The van der Waals surface area contributed by atoms with Gasteiger partial charge in [-0.05, 0) is 44.7 Å². The number of Topliss-reactive ketones (excluding diaryl/α,β-unsaturated/α-hetero) is 1. The number of carbonyl (C=O) groups is 1. The highest BCUT2D eigenvalue weighted by atomic mass is 16.1. The predicted molar refractivity (Wildman–Crippen MR) is 59.3 cm³/mol. The molecule has 0 amide bonds. The van der Waals surface area contributed by atoms with Gasteiger partial charge >= 0.3 is 0 Å². The van der Waals surface area contributed by atoms with Gasteiger partial charge in [-0.1, -0.05) is 6.08 Å². The minimum absolute atomic E-state index is 0.399. The summed E-state index contributed by atoms with van der Waals surface area (Å²) in [4.78, 5) is 11.4. The molecule has 0 spiro atoms. The number of hydrogen-bond acceptors (Lipinski definition) is 2. The van der Waals surface area contributed by atoms with Crippen LogP contribution >= 0.6 is 0 Å². The van der Waals surface area contributed by atoms with Crippen molar-refractivity contribution in [2.45, 2.75) is 38.5 Å². The summed E-state index contributed by atoms with van der Waals surface area (Å²) in [6.07, 6.45) is 7.74. The Bertz CT molecular complexity index is 183. The number of carbonyl (C=O) groups excluding carboxylic acids is 1. The molecule has 0 saturated carbocycles. The van der Waals surface area contributed by atoms with Gasteiger partial charge in [0.05, 0.1) is 0 Å². The van der Waals surface area contributed by atoms with Gasteiger partial charge in [0.1, 0.15) is 5.78 Å². The van der Waals surface area contributed by atoms with Crippen LogP contribution in [0.5, 0.6) is 0 Å². The topological polar surface area (TPSA) is 29.1 Å². The third-order valence-electron chi connectivity index (χ3n) is 2.86. The summed E-state index contributed by atoms with van der Waals surface area (Å²) < 4.78 is 0. The van der Waals surface area contributed by atoms with Crippen LogP contribution in [0.3, 0.4) is 0 Å². The van der Waals surface area contributed by atoms with Crippen LogP contribution in [0, 0.1) is 5.92 Å². The van der Waals surface area contributed by atoms with Crippen molar-refractivity contribution in [3.8, 4) is 0 Å². The van der Waals surface area contributed by atoms with Crippen LogP contribution in [0.2, 0.25) is 0 Å². The first-order chi connectivity index (χ1) is 6.83. The van der Waals surface area contributed by atoms with E-state index in [4.69, 9.17) is 0 Å². The number of nitrogens with one attached hydrogen (secondary N) is 1. The Balaban J connectivity index is 2.06. The van der Waals surface area contributed by atoms with Gasteiger partial charge in [-0.15, -0.1) is 6.58 Å². The van der Waals surface area contributed by atoms with Gasteiger partial charge in [-0.25, -0.2) is 0 Å². The Morgan fingerprint density at radius 2 is 2.36 bits per heavy atom. The lowest BCUT2D eigenvalue weighted by molar-refractivity contribution is -0.119. The molecular formula is C12H21NO. The highest BCUT2D eigenvalue weighted by molar-refractivity contribution is 5.78. The molecule has 0 bridgehead atoms. The normalized spacial score (nSPS) is 21.9. The van der Waals surface area contributed by atoms with E-state index in [9.17, 15) is 4.79 Å². The van der Waals surface area contributed by atoms with E-state index in [1.807, 2.05) is 6.08 Å². The summed E-state index contributed by atoms with van der Waals surface area (Å²) in [5, 5.41) is 3.37. The standard InChI is InChI=1S/C12H21NO/c1-2-3-6-12(14)8-7-11-5-4-9-13-10-11/h2,11,13H,1,3-10H2. The second-order valence-corrected chi connectivity index (χ2v) is 4.12. The van der Waals surface area contributed by atoms with Gasteiger partial charge in [0, 0.05) is 12.8 Å². The van der Waals surface area contributed by atoms with Gasteiger partial charge < -0.3 is 5.32 Å². The number of rotatable bonds is 6. The van der Waals surface area contributed by atoms with Crippen LogP contribution < -0.4 is 5.32 Å². The van der Waals surface area contributed by atoms with E-state index in [0.29, 0.717) is 12.2 Å². The minimum Gasteiger partial charge on any atom is -0.316 e. The highest BCUT2D eigenvalue weighted by Gasteiger charge is 2.13. The SMILES string of the molecule is C=CCCC(=O)CCC1CCCNC1. The molecule has 1 atom stereocenters. The zero-order valence-corrected chi connectivity index (χ0v) is 8.93. The molecule has 1 N–H and O–H groups in total. The smallest absolute Gasteiger partial charge is 0.133 e. The summed E-state index contributed by atoms with van der Waals surface area (Å²) in [6, 6.07) is 0. The molecule has 0 aliphatic carbocycles. The Morgan fingerprint density at radius 3 is 3.00 bits per heavy atom. The lowest BCUT2D eigenvalue weighted by atomic mass is 9.93. The maximum absolute atomic E-state index is 11.4. The number of hydrogen-bond donors (Lipinski definition) is 1. The zero-order chi connectivity index (χ0) is 10.2. The minimum atomic E-state index is 0.399. The Labute approximate surface area is 86.8 Å². The van der Waals surface area contributed by atoms with E-state index in [-0.39, 0.29) is 0 Å². The second-order valence-electron chi connectivity index (χ2n) is 4.12. The van der Waals surface area contributed by atoms with Crippen LogP contribution in [-0.4, -0.2) is 18.9 Å². The molecule has 0 radical (unpaired) electrons. The Kier molecular flexibility index (Phi) is 5.53. The lowest BCUT2D eigenvalue weighted by Crippen LogP contribution is -2.29. The van der Waals surface area contributed by atoms with Crippen molar-refractivity contribution in [1.82, 2.24) is 5.32 Å². The molecule has 80 valence electrons. The lowest BCUT2D eigenvalue weighted by Gasteiger charge is -2.22. The van der Waals surface area contributed by atoms with E-state index in [1.54, 1.807) is 0 Å². The van der Waals surface area contributed by atoms with E-state index >= 15 is 0 Å². The maximum Gasteiger partial charge on any atom is 0.133 e. The quantitative estimate of drug-likeness (QED) is 0.659. The van der Waals surface area contributed by atoms with Crippen molar-refractivity contribution in [2.24, 2.45) is 5.92 Å². The van der Waals surface area contributed by atoms with E-state index in [1.165, 1.54) is 12.8 Å². The summed E-state index contributed by atoms with van der Waals surface area (Å²) >= 11 is 0. The molecule has 1 aliphatic rings. The first-order valence-electron chi connectivity index (χ1n) is 5.66. The van der Waals surface area contributed by atoms with Gasteiger partial charge in [-0.2, -0.15) is 0 Å². The number of allylic oxidation sites excluding steroid dienone is 1. The fraction of sp³-hybridized carbons (Fsp3) is 0.750. The van der Waals surface area contributed by atoms with Gasteiger partial charge in [0.25, 0.3) is 0 Å². The molecule has 1 aliphatic heterocycles. The summed E-state index contributed by atoms with van der Waals surface area (Å²) in [6.45, 7) is 5.88. The third-order valence-corrected chi connectivity index (χ3v) is 2.86. The zero-order valence-electron chi connectivity index (χ0n) is 8.93. The molecule has 2 nitrogen and oxygen atoms in total. The molecule has 1 rings (SSSR count). The average molecular weight is 195 g/mol. The molecule has 0 aromatic rings. The summed E-state index contributed by atoms with van der Waals surface area (Å²) in [5.41, 5.74) is 0. The van der Waals surface area contributed by atoms with E-state index < -0.39 is 0 Å². The molecule has 0 aromatic heterocycles. The molecule has 2 heteroatoms. The molecule has 1 saturated heterocycles. The highest BCUT2D eigenvalue weighted by Crippen LogP contribution is 2.16. The van der Waals surface area contributed by atoms with Gasteiger partial charge in [0.2, 0.25) is 0 Å². The number of piperidine rings is 1. The van der Waals surface area contributed by atoms with Crippen molar-refractivity contribution >= 4 is 5.78 Å². The predicted octanol–water partition coefficient (Wildman–Crippen LogP) is 2.30. The van der Waals surface area contributed by atoms with Crippen molar-refractivity contribution in [3.63, 3.8) is 0 Å². The van der Waals surface area contributed by atoms with Gasteiger partial charge in [-0.3, -0.25) is 4.79 Å². The largest absolute Gasteiger partial charge is 0.316 e. The van der Waals surface area contributed by atoms with Crippen molar-refractivity contribution in [1.29, 1.82) is 0 Å². The van der Waals surface area contributed by atoms with Crippen LogP contribution in [-0.2, 0) is 4.79 Å². The average Bonchev–Trinajstić information content (AvgIpc) is 2.25. The van der Waals surface area contributed by atoms with Crippen LogP contribution in [0.15, 0.2) is 12.7 Å². The fourth-order valence-electron chi connectivity index (χ4n) is 1.92. The number of ketones is 1. The first-order valence-corrected chi connectivity index (χ1v) is 5.66. The second kappa shape index (κ2) is 6.77. The molecule has 1 fully saturated rings.